The monoisotopic (exact) mass is 355 g/mol. The van der Waals surface area contributed by atoms with E-state index in [1.807, 2.05) is 48.5 Å². The fourth-order valence-electron chi connectivity index (χ4n) is 2.67. The maximum absolute atomic E-state index is 11.9. The molecule has 2 aromatic rings. The third-order valence-corrected chi connectivity index (χ3v) is 3.97. The number of benzene rings is 2. The van der Waals surface area contributed by atoms with Crippen LogP contribution in [0.1, 0.15) is 23.1 Å². The summed E-state index contributed by atoms with van der Waals surface area (Å²) in [6.45, 7) is 2.20. The van der Waals surface area contributed by atoms with Crippen molar-refractivity contribution in [1.82, 2.24) is 4.90 Å². The van der Waals surface area contributed by atoms with Crippen LogP contribution in [0.2, 0.25) is 0 Å². The van der Waals surface area contributed by atoms with Gasteiger partial charge in [0.25, 0.3) is 0 Å². The number of hydrogen-bond donors (Lipinski definition) is 0. The zero-order valence-electron chi connectivity index (χ0n) is 14.0. The predicted octanol–water partition coefficient (Wildman–Crippen LogP) is 4.58. The highest BCUT2D eigenvalue weighted by Crippen LogP contribution is 2.16. The largest absolute Gasteiger partial charge is 0.458 e. The lowest BCUT2D eigenvalue weighted by atomic mass is 10.1. The summed E-state index contributed by atoms with van der Waals surface area (Å²) in [5.41, 5.74) is 3.24. The Bertz CT molecular complexity index is 741. The highest BCUT2D eigenvalue weighted by atomic mass is 35.5. The molecule has 0 saturated heterocycles. The number of halogens is 1. The van der Waals surface area contributed by atoms with E-state index in [2.05, 4.69) is 23.2 Å². The molecule has 1 aliphatic rings. The second-order valence-electron chi connectivity index (χ2n) is 5.76. The average Bonchev–Trinajstić information content (AvgIpc) is 3.13. The van der Waals surface area contributed by atoms with Gasteiger partial charge in [0, 0.05) is 19.2 Å². The first-order valence-electron chi connectivity index (χ1n) is 8.18. The van der Waals surface area contributed by atoms with Crippen LogP contribution in [-0.2, 0) is 22.7 Å². The van der Waals surface area contributed by atoms with Crippen molar-refractivity contribution in [2.45, 2.75) is 19.6 Å². The molecule has 0 radical (unpaired) electrons. The number of ether oxygens (including phenoxy) is 1. The molecule has 2 aromatic carbocycles. The molecule has 4 heteroatoms. The molecule has 0 atom stereocenters. The summed E-state index contributed by atoms with van der Waals surface area (Å²) in [4.78, 5) is 14.2. The highest BCUT2D eigenvalue weighted by Gasteiger charge is 2.09. The molecule has 1 aliphatic heterocycles. The minimum absolute atomic E-state index is 0. The third-order valence-electron chi connectivity index (χ3n) is 3.97. The fraction of sp³-hybridized carbons (Fsp3) is 0.190. The van der Waals surface area contributed by atoms with Gasteiger partial charge in [-0.15, -0.1) is 12.4 Å². The van der Waals surface area contributed by atoms with E-state index >= 15 is 0 Å². The average molecular weight is 356 g/mol. The van der Waals surface area contributed by atoms with Gasteiger partial charge in [0.2, 0.25) is 0 Å². The van der Waals surface area contributed by atoms with Gasteiger partial charge in [0.05, 0.1) is 0 Å². The van der Waals surface area contributed by atoms with Gasteiger partial charge >= 0.3 is 5.97 Å². The van der Waals surface area contributed by atoms with E-state index in [0.717, 1.165) is 30.6 Å². The summed E-state index contributed by atoms with van der Waals surface area (Å²) in [5.74, 6) is -0.324. The summed E-state index contributed by atoms with van der Waals surface area (Å²) >= 11 is 0. The van der Waals surface area contributed by atoms with Gasteiger partial charge in [-0.05, 0) is 35.4 Å². The summed E-state index contributed by atoms with van der Waals surface area (Å²) in [7, 11) is 0. The first-order chi connectivity index (χ1) is 11.8. The minimum atomic E-state index is -0.324. The number of carbonyl (C=O) groups is 1. The van der Waals surface area contributed by atoms with Gasteiger partial charge in [0.1, 0.15) is 6.61 Å². The second-order valence-corrected chi connectivity index (χ2v) is 5.76. The van der Waals surface area contributed by atoms with Crippen molar-refractivity contribution in [3.8, 4) is 0 Å². The smallest absolute Gasteiger partial charge is 0.331 e. The standard InChI is InChI=1S/C21H21NO2.ClH/c23-21(13-12-18-8-2-1-3-9-18)24-17-20-11-5-4-10-19(20)16-22-14-6-7-15-22;/h1-6,8-14H,7,15-17H2;1H/b13-12-;. The zero-order valence-corrected chi connectivity index (χ0v) is 14.8. The van der Waals surface area contributed by atoms with Crippen LogP contribution in [0.5, 0.6) is 0 Å². The number of rotatable bonds is 6. The van der Waals surface area contributed by atoms with Crippen LogP contribution in [0.4, 0.5) is 0 Å². The Morgan fingerprint density at radius 2 is 1.76 bits per heavy atom. The lowest BCUT2D eigenvalue weighted by Gasteiger charge is -2.17. The summed E-state index contributed by atoms with van der Waals surface area (Å²) in [6.07, 6.45) is 8.65. The molecule has 3 nitrogen and oxygen atoms in total. The van der Waals surface area contributed by atoms with E-state index in [-0.39, 0.29) is 18.4 Å². The van der Waals surface area contributed by atoms with E-state index in [1.54, 1.807) is 6.08 Å². The van der Waals surface area contributed by atoms with E-state index in [1.165, 1.54) is 11.6 Å². The summed E-state index contributed by atoms with van der Waals surface area (Å²) in [5, 5.41) is 0. The first-order valence-corrected chi connectivity index (χ1v) is 8.18. The minimum Gasteiger partial charge on any atom is -0.458 e. The van der Waals surface area contributed by atoms with Crippen LogP contribution in [0, 0.1) is 0 Å². The van der Waals surface area contributed by atoms with E-state index in [4.69, 9.17) is 4.74 Å². The van der Waals surface area contributed by atoms with Crippen LogP contribution in [-0.4, -0.2) is 17.4 Å². The zero-order chi connectivity index (χ0) is 16.6. The lowest BCUT2D eigenvalue weighted by molar-refractivity contribution is -0.138. The number of esters is 1. The molecule has 130 valence electrons. The van der Waals surface area contributed by atoms with Gasteiger partial charge in [-0.1, -0.05) is 60.7 Å². The molecule has 25 heavy (non-hydrogen) atoms. The van der Waals surface area contributed by atoms with Crippen molar-refractivity contribution in [3.63, 3.8) is 0 Å². The summed E-state index contributed by atoms with van der Waals surface area (Å²) < 4.78 is 5.39. The van der Waals surface area contributed by atoms with Crippen LogP contribution in [0.3, 0.4) is 0 Å². The van der Waals surface area contributed by atoms with Gasteiger partial charge in [0.15, 0.2) is 0 Å². The molecule has 0 bridgehead atoms. The Balaban J connectivity index is 0.00000225. The van der Waals surface area contributed by atoms with Crippen LogP contribution >= 0.6 is 12.4 Å². The van der Waals surface area contributed by atoms with Crippen molar-refractivity contribution >= 4 is 24.5 Å². The van der Waals surface area contributed by atoms with Crippen molar-refractivity contribution in [1.29, 1.82) is 0 Å². The molecule has 0 spiro atoms. The van der Waals surface area contributed by atoms with Crippen molar-refractivity contribution in [2.75, 3.05) is 6.54 Å². The van der Waals surface area contributed by atoms with Crippen LogP contribution < -0.4 is 0 Å². The first kappa shape index (κ1) is 18.8. The molecule has 0 unspecified atom stereocenters. The van der Waals surface area contributed by atoms with E-state index in [0.29, 0.717) is 6.61 Å². The molecule has 0 aliphatic carbocycles. The molecule has 0 fully saturated rings. The maximum atomic E-state index is 11.9. The molecule has 3 rings (SSSR count). The van der Waals surface area contributed by atoms with Crippen molar-refractivity contribution in [2.24, 2.45) is 0 Å². The normalized spacial score (nSPS) is 13.0. The molecular weight excluding hydrogens is 334 g/mol. The van der Waals surface area contributed by atoms with Gasteiger partial charge in [-0.25, -0.2) is 4.79 Å². The number of nitrogens with zero attached hydrogens (tertiary/aromatic N) is 1. The number of carbonyl (C=O) groups excluding carboxylic acids is 1. The predicted molar refractivity (Wildman–Crippen MR) is 103 cm³/mol. The molecule has 0 aromatic heterocycles. The third kappa shape index (κ3) is 5.80. The summed E-state index contributed by atoms with van der Waals surface area (Å²) in [6, 6.07) is 17.8. The van der Waals surface area contributed by atoms with E-state index < -0.39 is 0 Å². The van der Waals surface area contributed by atoms with Crippen LogP contribution in [0.15, 0.2) is 72.9 Å². The molecule has 0 saturated carbocycles. The Hall–Kier alpha value is -2.52. The van der Waals surface area contributed by atoms with Gasteiger partial charge in [-0.3, -0.25) is 0 Å². The molecular formula is C21H22ClNO2. The maximum Gasteiger partial charge on any atom is 0.331 e. The quantitative estimate of drug-likeness (QED) is 0.561. The Kier molecular flexibility index (Phi) is 7.30. The van der Waals surface area contributed by atoms with Gasteiger partial charge in [-0.2, -0.15) is 0 Å². The number of hydrogen-bond acceptors (Lipinski definition) is 3. The SMILES string of the molecule is Cl.O=C(/C=C\c1ccccc1)OCc1ccccc1CN1C=CCC1. The topological polar surface area (TPSA) is 29.5 Å². The highest BCUT2D eigenvalue weighted by molar-refractivity contribution is 5.87. The fourth-order valence-corrected chi connectivity index (χ4v) is 2.67. The molecule has 0 N–H and O–H groups in total. The molecule has 0 amide bonds. The van der Waals surface area contributed by atoms with Gasteiger partial charge < -0.3 is 9.64 Å². The Labute approximate surface area is 155 Å². The Morgan fingerprint density at radius 1 is 1.04 bits per heavy atom. The second kappa shape index (κ2) is 9.70. The van der Waals surface area contributed by atoms with Crippen LogP contribution in [0.25, 0.3) is 6.08 Å². The molecule has 1 heterocycles. The van der Waals surface area contributed by atoms with Crippen molar-refractivity contribution in [3.05, 3.63) is 89.6 Å². The van der Waals surface area contributed by atoms with Crippen molar-refractivity contribution < 1.29 is 9.53 Å². The lowest BCUT2D eigenvalue weighted by Crippen LogP contribution is -2.15. The van der Waals surface area contributed by atoms with E-state index in [9.17, 15) is 4.79 Å². The Morgan fingerprint density at radius 3 is 2.48 bits per heavy atom.